The minimum absolute atomic E-state index is 0.0220. The summed E-state index contributed by atoms with van der Waals surface area (Å²) in [5.41, 5.74) is 0. The number of fused-ring (bicyclic) bond motifs is 2. The van der Waals surface area contributed by atoms with E-state index in [1.54, 1.807) is 6.26 Å². The molecule has 0 aromatic carbocycles. The van der Waals surface area contributed by atoms with Crippen LogP contribution in [0.5, 0.6) is 0 Å². The molecule has 4 heteroatoms. The predicted molar refractivity (Wildman–Crippen MR) is 58.6 cm³/mol. The van der Waals surface area contributed by atoms with Gasteiger partial charge in [-0.1, -0.05) is 0 Å². The SMILES string of the molecule is O=C(NCc1ccco1)C1NC2CCC1C2. The van der Waals surface area contributed by atoms with Crippen molar-refractivity contribution in [2.75, 3.05) is 0 Å². The van der Waals surface area contributed by atoms with Crippen LogP contribution in [0.2, 0.25) is 0 Å². The lowest BCUT2D eigenvalue weighted by molar-refractivity contribution is -0.124. The summed E-state index contributed by atoms with van der Waals surface area (Å²) in [5, 5.41) is 6.29. The van der Waals surface area contributed by atoms with Crippen molar-refractivity contribution < 1.29 is 9.21 Å². The second-order valence-corrected chi connectivity index (χ2v) is 4.71. The fourth-order valence-corrected chi connectivity index (χ4v) is 2.85. The van der Waals surface area contributed by atoms with Gasteiger partial charge in [0.15, 0.2) is 0 Å². The highest BCUT2D eigenvalue weighted by Crippen LogP contribution is 2.35. The summed E-state index contributed by atoms with van der Waals surface area (Å²) < 4.78 is 5.17. The number of piperidine rings is 1. The van der Waals surface area contributed by atoms with Crippen LogP contribution in [0.15, 0.2) is 22.8 Å². The average Bonchev–Trinajstić information content (AvgIpc) is 3.01. The smallest absolute Gasteiger partial charge is 0.237 e. The van der Waals surface area contributed by atoms with E-state index >= 15 is 0 Å². The number of amides is 1. The largest absolute Gasteiger partial charge is 0.467 e. The maximum Gasteiger partial charge on any atom is 0.237 e. The third-order valence-electron chi connectivity index (χ3n) is 3.66. The van der Waals surface area contributed by atoms with E-state index in [2.05, 4.69) is 10.6 Å². The summed E-state index contributed by atoms with van der Waals surface area (Å²) in [6, 6.07) is 4.30. The van der Waals surface area contributed by atoms with E-state index in [4.69, 9.17) is 4.42 Å². The van der Waals surface area contributed by atoms with Crippen LogP contribution in [-0.2, 0) is 11.3 Å². The molecular weight excluding hydrogens is 204 g/mol. The van der Waals surface area contributed by atoms with Gasteiger partial charge in [-0.2, -0.15) is 0 Å². The molecule has 3 unspecified atom stereocenters. The third kappa shape index (κ3) is 1.73. The topological polar surface area (TPSA) is 54.3 Å². The van der Waals surface area contributed by atoms with Gasteiger partial charge in [-0.05, 0) is 37.3 Å². The number of hydrogen-bond donors (Lipinski definition) is 2. The Bertz CT molecular complexity index is 374. The lowest BCUT2D eigenvalue weighted by Gasteiger charge is -2.21. The molecule has 2 heterocycles. The molecule has 1 aromatic rings. The first-order valence-corrected chi connectivity index (χ1v) is 5.89. The molecule has 86 valence electrons. The highest BCUT2D eigenvalue weighted by atomic mass is 16.3. The minimum Gasteiger partial charge on any atom is -0.467 e. The molecule has 1 aliphatic carbocycles. The van der Waals surface area contributed by atoms with E-state index in [1.165, 1.54) is 19.3 Å². The molecule has 4 nitrogen and oxygen atoms in total. The number of carbonyl (C=O) groups is 1. The zero-order chi connectivity index (χ0) is 11.0. The molecular formula is C12H16N2O2. The molecule has 16 heavy (non-hydrogen) atoms. The van der Waals surface area contributed by atoms with Crippen LogP contribution in [0.25, 0.3) is 0 Å². The number of rotatable bonds is 3. The highest BCUT2D eigenvalue weighted by Gasteiger charge is 2.42. The second kappa shape index (κ2) is 3.94. The molecule has 2 fully saturated rings. The van der Waals surface area contributed by atoms with Gasteiger partial charge in [0.2, 0.25) is 5.91 Å². The van der Waals surface area contributed by atoms with Crippen LogP contribution < -0.4 is 10.6 Å². The standard InChI is InChI=1S/C12H16N2O2/c15-12(13-7-10-2-1-5-16-10)11-8-3-4-9(6-8)14-11/h1-2,5,8-9,11,14H,3-4,6-7H2,(H,13,15). The van der Waals surface area contributed by atoms with Crippen molar-refractivity contribution >= 4 is 5.91 Å². The van der Waals surface area contributed by atoms with Crippen LogP contribution in [0, 0.1) is 5.92 Å². The first-order chi connectivity index (χ1) is 7.83. The van der Waals surface area contributed by atoms with Crippen molar-refractivity contribution in [3.8, 4) is 0 Å². The van der Waals surface area contributed by atoms with Crippen LogP contribution in [0.1, 0.15) is 25.0 Å². The molecule has 3 rings (SSSR count). The molecule has 0 spiro atoms. The van der Waals surface area contributed by atoms with Crippen molar-refractivity contribution in [3.63, 3.8) is 0 Å². The normalized spacial score (nSPS) is 31.9. The Balaban J connectivity index is 1.54. The van der Waals surface area contributed by atoms with E-state index in [0.29, 0.717) is 18.5 Å². The van der Waals surface area contributed by atoms with Gasteiger partial charge in [-0.3, -0.25) is 4.79 Å². The summed E-state index contributed by atoms with van der Waals surface area (Å²) in [6.07, 6.45) is 5.21. The van der Waals surface area contributed by atoms with Crippen molar-refractivity contribution in [2.24, 2.45) is 5.92 Å². The van der Waals surface area contributed by atoms with Gasteiger partial charge >= 0.3 is 0 Å². The molecule has 1 saturated carbocycles. The quantitative estimate of drug-likeness (QED) is 0.800. The van der Waals surface area contributed by atoms with E-state index in [-0.39, 0.29) is 11.9 Å². The summed E-state index contributed by atoms with van der Waals surface area (Å²) in [5.74, 6) is 1.46. The molecule has 1 aromatic heterocycles. The van der Waals surface area contributed by atoms with Gasteiger partial charge < -0.3 is 15.1 Å². The fraction of sp³-hybridized carbons (Fsp3) is 0.583. The fourth-order valence-electron chi connectivity index (χ4n) is 2.85. The average molecular weight is 220 g/mol. The van der Waals surface area contributed by atoms with Gasteiger partial charge in [0.25, 0.3) is 0 Å². The van der Waals surface area contributed by atoms with Crippen molar-refractivity contribution in [1.82, 2.24) is 10.6 Å². The minimum atomic E-state index is 0.0220. The van der Waals surface area contributed by atoms with Crippen molar-refractivity contribution in [3.05, 3.63) is 24.2 Å². The lowest BCUT2D eigenvalue weighted by atomic mass is 9.99. The Kier molecular flexibility index (Phi) is 2.44. The molecule has 1 saturated heterocycles. The molecule has 3 atom stereocenters. The van der Waals surface area contributed by atoms with Crippen molar-refractivity contribution in [1.29, 1.82) is 0 Å². The number of hydrogen-bond acceptors (Lipinski definition) is 3. The van der Waals surface area contributed by atoms with E-state index in [9.17, 15) is 4.79 Å². The Morgan fingerprint density at radius 2 is 2.50 bits per heavy atom. The number of carbonyl (C=O) groups excluding carboxylic acids is 1. The number of furan rings is 1. The second-order valence-electron chi connectivity index (χ2n) is 4.71. The summed E-state index contributed by atoms with van der Waals surface area (Å²) in [7, 11) is 0. The highest BCUT2D eigenvalue weighted by molar-refractivity contribution is 5.82. The maximum atomic E-state index is 11.9. The first kappa shape index (κ1) is 9.90. The molecule has 2 N–H and O–H groups in total. The van der Waals surface area contributed by atoms with Crippen LogP contribution in [-0.4, -0.2) is 18.0 Å². The van der Waals surface area contributed by atoms with Gasteiger partial charge in [0.1, 0.15) is 5.76 Å². The third-order valence-corrected chi connectivity index (χ3v) is 3.66. The van der Waals surface area contributed by atoms with E-state index < -0.39 is 0 Å². The summed E-state index contributed by atoms with van der Waals surface area (Å²) in [6.45, 7) is 0.487. The van der Waals surface area contributed by atoms with Gasteiger partial charge in [-0.15, -0.1) is 0 Å². The van der Waals surface area contributed by atoms with Crippen molar-refractivity contribution in [2.45, 2.75) is 37.9 Å². The van der Waals surface area contributed by atoms with Gasteiger partial charge in [-0.25, -0.2) is 0 Å². The number of nitrogens with one attached hydrogen (secondary N) is 2. The molecule has 0 radical (unpaired) electrons. The Labute approximate surface area is 94.4 Å². The maximum absolute atomic E-state index is 11.9. The van der Waals surface area contributed by atoms with Gasteiger partial charge in [0.05, 0.1) is 18.8 Å². The Morgan fingerprint density at radius 3 is 3.12 bits per heavy atom. The predicted octanol–water partition coefficient (Wildman–Crippen LogP) is 1.04. The Hall–Kier alpha value is -1.29. The zero-order valence-electron chi connectivity index (χ0n) is 9.11. The summed E-state index contributed by atoms with van der Waals surface area (Å²) >= 11 is 0. The van der Waals surface area contributed by atoms with E-state index in [1.807, 2.05) is 12.1 Å². The molecule has 2 aliphatic rings. The zero-order valence-corrected chi connectivity index (χ0v) is 9.11. The first-order valence-electron chi connectivity index (χ1n) is 5.89. The van der Waals surface area contributed by atoms with Crippen LogP contribution in [0.3, 0.4) is 0 Å². The summed E-state index contributed by atoms with van der Waals surface area (Å²) in [4.78, 5) is 11.9. The molecule has 1 aliphatic heterocycles. The lowest BCUT2D eigenvalue weighted by Crippen LogP contribution is -2.47. The van der Waals surface area contributed by atoms with Gasteiger partial charge in [0, 0.05) is 6.04 Å². The van der Waals surface area contributed by atoms with Crippen LogP contribution in [0.4, 0.5) is 0 Å². The van der Waals surface area contributed by atoms with Crippen LogP contribution >= 0.6 is 0 Å². The molecule has 2 bridgehead atoms. The van der Waals surface area contributed by atoms with E-state index in [0.717, 1.165) is 5.76 Å². The molecule has 1 amide bonds. The Morgan fingerprint density at radius 1 is 1.56 bits per heavy atom. The monoisotopic (exact) mass is 220 g/mol.